The van der Waals surface area contributed by atoms with Gasteiger partial charge in [-0.1, -0.05) is 22.0 Å². The summed E-state index contributed by atoms with van der Waals surface area (Å²) in [6.45, 7) is 0. The summed E-state index contributed by atoms with van der Waals surface area (Å²) < 4.78 is 1.48. The van der Waals surface area contributed by atoms with Gasteiger partial charge in [-0.2, -0.15) is 0 Å². The Morgan fingerprint density at radius 1 is 1.21 bits per heavy atom. The Hall–Kier alpha value is -2.10. The number of nitrogens with zero attached hydrogens (tertiary/aromatic N) is 2. The molecule has 4 nitrogen and oxygen atoms in total. The number of hydrogen-bond acceptors (Lipinski definition) is 3. The number of para-hydroxylation sites is 1. The summed E-state index contributed by atoms with van der Waals surface area (Å²) in [5.74, 6) is 5.82. The predicted molar refractivity (Wildman–Crippen MR) is 53.7 cm³/mol. The van der Waals surface area contributed by atoms with Crippen LogP contribution >= 0.6 is 0 Å². The average molecular weight is 188 g/mol. The van der Waals surface area contributed by atoms with Crippen LogP contribution in [0.3, 0.4) is 0 Å². The zero-order chi connectivity index (χ0) is 9.97. The number of fused-ring (bicyclic) bond motifs is 1. The van der Waals surface area contributed by atoms with Gasteiger partial charge in [0.05, 0.1) is 0 Å². The molecular weight excluding hydrogens is 178 g/mol. The van der Waals surface area contributed by atoms with Crippen LogP contribution in [0.2, 0.25) is 0 Å². The molecule has 0 amide bonds. The van der Waals surface area contributed by atoms with Crippen LogP contribution in [-0.2, 0) is 0 Å². The molecule has 4 heteroatoms. The topological polar surface area (TPSA) is 62.5 Å². The van der Waals surface area contributed by atoms with Gasteiger partial charge in [0.1, 0.15) is 6.21 Å². The highest BCUT2D eigenvalue weighted by molar-refractivity contribution is 5.80. The first-order chi connectivity index (χ1) is 6.83. The molecule has 0 saturated heterocycles. The molecule has 0 bridgehead atoms. The predicted octanol–water partition coefficient (Wildman–Crippen LogP) is 0.649. The van der Waals surface area contributed by atoms with Crippen molar-refractivity contribution in [2.45, 2.75) is 0 Å². The fourth-order valence-electron chi connectivity index (χ4n) is 1.41. The van der Waals surface area contributed by atoms with Crippen molar-refractivity contribution in [1.29, 1.82) is 0 Å². The molecule has 0 fully saturated rings. The van der Waals surface area contributed by atoms with E-state index in [9.17, 15) is 0 Å². The molecule has 0 unspecified atom stereocenters. The molecule has 0 saturated carbocycles. The Labute approximate surface area is 80.9 Å². The van der Waals surface area contributed by atoms with E-state index in [1.165, 1.54) is 10.9 Å². The zero-order valence-corrected chi connectivity index (χ0v) is 7.46. The number of rotatable bonds is 1. The lowest BCUT2D eigenvalue weighted by molar-refractivity contribution is -0.612. The molecule has 0 radical (unpaired) electrons. The third kappa shape index (κ3) is 1.26. The Kier molecular flexibility index (Phi) is 2.02. The molecule has 0 aliphatic rings. The molecule has 3 N–H and O–H groups in total. The van der Waals surface area contributed by atoms with Crippen LogP contribution in [0.1, 0.15) is 5.69 Å². The van der Waals surface area contributed by atoms with Gasteiger partial charge in [0, 0.05) is 17.5 Å². The van der Waals surface area contributed by atoms with E-state index in [1.807, 2.05) is 30.3 Å². The summed E-state index contributed by atoms with van der Waals surface area (Å²) in [6.07, 6.45) is 1.30. The highest BCUT2D eigenvalue weighted by atomic mass is 16.4. The molecule has 70 valence electrons. The monoisotopic (exact) mass is 188 g/mol. The second-order valence-corrected chi connectivity index (χ2v) is 2.93. The molecule has 1 heterocycles. The maximum Gasteiger partial charge on any atom is 0.257 e. The Bertz CT molecular complexity index is 494. The van der Waals surface area contributed by atoms with E-state index in [-0.39, 0.29) is 0 Å². The van der Waals surface area contributed by atoms with E-state index in [4.69, 9.17) is 11.0 Å². The largest absolute Gasteiger partial charge is 0.411 e. The molecule has 0 spiro atoms. The number of nitrogens with two attached hydrogens (primary N) is 1. The second-order valence-electron chi connectivity index (χ2n) is 2.93. The quantitative estimate of drug-likeness (QED) is 0.227. The fraction of sp³-hybridized carbons (Fsp3) is 0. The van der Waals surface area contributed by atoms with Gasteiger partial charge in [0.2, 0.25) is 5.52 Å². The van der Waals surface area contributed by atoms with E-state index >= 15 is 0 Å². The van der Waals surface area contributed by atoms with Crippen molar-refractivity contribution in [1.82, 2.24) is 0 Å². The highest BCUT2D eigenvalue weighted by Crippen LogP contribution is 2.08. The Morgan fingerprint density at radius 2 is 2.00 bits per heavy atom. The van der Waals surface area contributed by atoms with E-state index in [2.05, 4.69) is 5.16 Å². The third-order valence-corrected chi connectivity index (χ3v) is 2.10. The molecule has 2 rings (SSSR count). The Morgan fingerprint density at radius 3 is 2.79 bits per heavy atom. The summed E-state index contributed by atoms with van der Waals surface area (Å²) in [5.41, 5.74) is 1.54. The smallest absolute Gasteiger partial charge is 0.257 e. The minimum absolute atomic E-state index is 0.645. The maximum absolute atomic E-state index is 8.42. The van der Waals surface area contributed by atoms with Crippen LogP contribution in [0.4, 0.5) is 0 Å². The summed E-state index contributed by atoms with van der Waals surface area (Å²) in [5, 5.41) is 12.4. The van der Waals surface area contributed by atoms with Gasteiger partial charge in [-0.25, -0.2) is 5.84 Å². The van der Waals surface area contributed by atoms with Gasteiger partial charge >= 0.3 is 0 Å². The van der Waals surface area contributed by atoms with Crippen LogP contribution in [0.25, 0.3) is 10.9 Å². The second kappa shape index (κ2) is 3.33. The number of nitrogen functional groups attached to an aromatic ring is 1. The van der Waals surface area contributed by atoms with Gasteiger partial charge in [-0.3, -0.25) is 0 Å². The molecule has 0 atom stereocenters. The van der Waals surface area contributed by atoms with E-state index < -0.39 is 0 Å². The van der Waals surface area contributed by atoms with Crippen molar-refractivity contribution in [3.05, 3.63) is 42.1 Å². The fourth-order valence-corrected chi connectivity index (χ4v) is 1.41. The first-order valence-electron chi connectivity index (χ1n) is 4.19. The molecule has 1 aromatic carbocycles. The average Bonchev–Trinajstić information content (AvgIpc) is 2.23. The number of pyridine rings is 1. The summed E-state index contributed by atoms with van der Waals surface area (Å²) in [7, 11) is 0. The van der Waals surface area contributed by atoms with Gasteiger partial charge < -0.3 is 5.21 Å². The normalized spacial score (nSPS) is 11.1. The SMILES string of the molecule is N[n+]1c(/C=N/O)ccc2ccccc21. The van der Waals surface area contributed by atoms with Crippen LogP contribution in [0, 0.1) is 0 Å². The third-order valence-electron chi connectivity index (χ3n) is 2.10. The molecule has 2 aromatic rings. The van der Waals surface area contributed by atoms with Crippen molar-refractivity contribution in [3.63, 3.8) is 0 Å². The number of oxime groups is 1. The van der Waals surface area contributed by atoms with Gasteiger partial charge in [-0.05, 0) is 12.1 Å². The van der Waals surface area contributed by atoms with Crippen LogP contribution in [0.5, 0.6) is 0 Å². The van der Waals surface area contributed by atoms with Crippen molar-refractivity contribution in [2.75, 3.05) is 5.84 Å². The number of aromatic nitrogens is 1. The first kappa shape index (κ1) is 8.50. The molecule has 0 aliphatic heterocycles. The molecule has 14 heavy (non-hydrogen) atoms. The van der Waals surface area contributed by atoms with Gasteiger partial charge in [-0.15, -0.1) is 0 Å². The van der Waals surface area contributed by atoms with Crippen molar-refractivity contribution in [3.8, 4) is 0 Å². The number of benzene rings is 1. The first-order valence-corrected chi connectivity index (χ1v) is 4.19. The summed E-state index contributed by atoms with van der Waals surface area (Å²) in [4.78, 5) is 0. The lowest BCUT2D eigenvalue weighted by atomic mass is 10.2. The van der Waals surface area contributed by atoms with Crippen molar-refractivity contribution in [2.24, 2.45) is 5.16 Å². The summed E-state index contributed by atoms with van der Waals surface area (Å²) in [6, 6.07) is 11.5. The highest BCUT2D eigenvalue weighted by Gasteiger charge is 2.10. The molecular formula is C10H10N3O+. The van der Waals surface area contributed by atoms with Crippen molar-refractivity contribution >= 4 is 17.1 Å². The molecule has 1 aromatic heterocycles. The standard InChI is InChI=1S/C10H9N3O/c11-13-9(7-12-14)6-5-8-3-1-2-4-10(8)13/h1-7H,11H2/p+1. The van der Waals surface area contributed by atoms with Crippen LogP contribution < -0.4 is 10.5 Å². The minimum atomic E-state index is 0.645. The maximum atomic E-state index is 8.42. The lowest BCUT2D eigenvalue weighted by Gasteiger charge is -1.96. The zero-order valence-electron chi connectivity index (χ0n) is 7.46. The Balaban J connectivity index is 2.75. The molecule has 0 aliphatic carbocycles. The summed E-state index contributed by atoms with van der Waals surface area (Å²) >= 11 is 0. The van der Waals surface area contributed by atoms with E-state index in [0.29, 0.717) is 5.69 Å². The lowest BCUT2D eigenvalue weighted by Crippen LogP contribution is -2.48. The van der Waals surface area contributed by atoms with E-state index in [0.717, 1.165) is 10.9 Å². The van der Waals surface area contributed by atoms with Crippen molar-refractivity contribution < 1.29 is 9.88 Å². The van der Waals surface area contributed by atoms with Crippen LogP contribution in [-0.4, -0.2) is 11.4 Å². The number of hydrogen-bond donors (Lipinski definition) is 2. The van der Waals surface area contributed by atoms with Crippen LogP contribution in [0.15, 0.2) is 41.6 Å². The van der Waals surface area contributed by atoms with E-state index in [1.54, 1.807) is 6.07 Å². The van der Waals surface area contributed by atoms with Gasteiger partial charge in [0.25, 0.3) is 5.69 Å². The minimum Gasteiger partial charge on any atom is -0.411 e. The van der Waals surface area contributed by atoms with Gasteiger partial charge in [0.15, 0.2) is 0 Å².